The van der Waals surface area contributed by atoms with Crippen molar-refractivity contribution in [3.63, 3.8) is 0 Å². The predicted octanol–water partition coefficient (Wildman–Crippen LogP) is 3.41. The highest BCUT2D eigenvalue weighted by atomic mass is 32.1. The number of thiophene rings is 1. The molecule has 2 heterocycles. The van der Waals surface area contributed by atoms with Crippen molar-refractivity contribution in [3.05, 3.63) is 39.6 Å². The topological polar surface area (TPSA) is 20.7 Å². The zero-order chi connectivity index (χ0) is 9.97. The molecular weight excluding hydrogens is 212 g/mol. The van der Waals surface area contributed by atoms with Gasteiger partial charge in [0.25, 0.3) is 0 Å². The van der Waals surface area contributed by atoms with Crippen LogP contribution in [0.15, 0.2) is 29.9 Å². The van der Waals surface area contributed by atoms with Gasteiger partial charge in [-0.25, -0.2) is 0 Å². The number of rotatable bonds is 3. The fraction of sp³-hybridized carbons (Fsp3) is 0.300. The molecule has 0 fully saturated rings. The Morgan fingerprint density at radius 2 is 2.50 bits per heavy atom. The van der Waals surface area contributed by atoms with Crippen molar-refractivity contribution in [2.45, 2.75) is 19.4 Å². The van der Waals surface area contributed by atoms with E-state index < -0.39 is 0 Å². The smallest absolute Gasteiger partial charge is 0.177 e. The van der Waals surface area contributed by atoms with Crippen LogP contribution in [0, 0.1) is 4.77 Å². The van der Waals surface area contributed by atoms with Gasteiger partial charge in [-0.15, -0.1) is 11.3 Å². The van der Waals surface area contributed by atoms with Gasteiger partial charge in [0.05, 0.1) is 0 Å². The van der Waals surface area contributed by atoms with Gasteiger partial charge < -0.3 is 9.55 Å². The van der Waals surface area contributed by atoms with Gasteiger partial charge in [0.15, 0.2) is 4.77 Å². The van der Waals surface area contributed by atoms with Gasteiger partial charge in [-0.2, -0.15) is 0 Å². The summed E-state index contributed by atoms with van der Waals surface area (Å²) in [5.41, 5.74) is 0. The molecule has 0 saturated carbocycles. The Hall–Kier alpha value is -0.870. The third-order valence-electron chi connectivity index (χ3n) is 2.22. The maximum atomic E-state index is 5.14. The molecule has 0 radical (unpaired) electrons. The third-order valence-corrected chi connectivity index (χ3v) is 3.68. The Morgan fingerprint density at radius 1 is 1.64 bits per heavy atom. The lowest BCUT2D eigenvalue weighted by Crippen LogP contribution is -2.03. The summed E-state index contributed by atoms with van der Waals surface area (Å²) in [4.78, 5) is 4.41. The lowest BCUT2D eigenvalue weighted by molar-refractivity contribution is 0.598. The molecule has 2 nitrogen and oxygen atoms in total. The summed E-state index contributed by atoms with van der Waals surface area (Å²) in [5.74, 6) is 0.525. The van der Waals surface area contributed by atoms with Gasteiger partial charge in [0, 0.05) is 29.7 Å². The molecule has 0 aliphatic rings. The zero-order valence-electron chi connectivity index (χ0n) is 7.93. The number of H-pyrrole nitrogens is 1. The summed E-state index contributed by atoms with van der Waals surface area (Å²) in [6.07, 6.45) is 3.87. The summed E-state index contributed by atoms with van der Waals surface area (Å²) in [7, 11) is 0. The van der Waals surface area contributed by atoms with Gasteiger partial charge >= 0.3 is 0 Å². The first-order valence-electron chi connectivity index (χ1n) is 4.54. The molecule has 2 rings (SSSR count). The van der Waals surface area contributed by atoms with Gasteiger partial charge in [0.1, 0.15) is 0 Å². The van der Waals surface area contributed by atoms with Gasteiger partial charge in [-0.3, -0.25) is 0 Å². The number of aromatic nitrogens is 2. The molecule has 0 bridgehead atoms. The SMILES string of the molecule is CC(Cn1cc[nH]c1=S)c1cccs1. The molecule has 0 spiro atoms. The Morgan fingerprint density at radius 3 is 3.07 bits per heavy atom. The van der Waals surface area contributed by atoms with E-state index in [0.717, 1.165) is 11.3 Å². The first-order chi connectivity index (χ1) is 6.77. The van der Waals surface area contributed by atoms with E-state index in [-0.39, 0.29) is 0 Å². The third kappa shape index (κ3) is 1.96. The lowest BCUT2D eigenvalue weighted by Gasteiger charge is -2.09. The van der Waals surface area contributed by atoms with Crippen molar-refractivity contribution >= 4 is 23.6 Å². The Kier molecular flexibility index (Phi) is 2.84. The first-order valence-corrected chi connectivity index (χ1v) is 5.83. The average molecular weight is 224 g/mol. The molecular formula is C10H12N2S2. The number of aromatic amines is 1. The second-order valence-corrected chi connectivity index (χ2v) is 4.70. The van der Waals surface area contributed by atoms with E-state index in [9.17, 15) is 0 Å². The maximum absolute atomic E-state index is 5.14. The second-order valence-electron chi connectivity index (χ2n) is 3.33. The van der Waals surface area contributed by atoms with Crippen molar-refractivity contribution in [1.82, 2.24) is 9.55 Å². The highest BCUT2D eigenvalue weighted by molar-refractivity contribution is 7.71. The van der Waals surface area contributed by atoms with E-state index >= 15 is 0 Å². The van der Waals surface area contributed by atoms with Crippen LogP contribution in [-0.2, 0) is 6.54 Å². The summed E-state index contributed by atoms with van der Waals surface area (Å²) in [6, 6.07) is 4.26. The zero-order valence-corrected chi connectivity index (χ0v) is 9.57. The minimum Gasteiger partial charge on any atom is -0.337 e. The molecule has 14 heavy (non-hydrogen) atoms. The van der Waals surface area contributed by atoms with Crippen LogP contribution >= 0.6 is 23.6 Å². The lowest BCUT2D eigenvalue weighted by atomic mass is 10.1. The number of hydrogen-bond donors (Lipinski definition) is 1. The van der Waals surface area contributed by atoms with Crippen LogP contribution in [-0.4, -0.2) is 9.55 Å². The van der Waals surface area contributed by atoms with Crippen molar-refractivity contribution < 1.29 is 0 Å². The molecule has 74 valence electrons. The van der Waals surface area contributed by atoms with E-state index in [1.807, 2.05) is 12.4 Å². The summed E-state index contributed by atoms with van der Waals surface area (Å²) in [6.45, 7) is 3.17. The summed E-state index contributed by atoms with van der Waals surface area (Å²) in [5, 5.41) is 2.11. The van der Waals surface area contributed by atoms with E-state index in [0.29, 0.717) is 5.92 Å². The quantitative estimate of drug-likeness (QED) is 0.792. The summed E-state index contributed by atoms with van der Waals surface area (Å²) < 4.78 is 2.87. The van der Waals surface area contributed by atoms with Crippen LogP contribution in [0.2, 0.25) is 0 Å². The van der Waals surface area contributed by atoms with Crippen molar-refractivity contribution in [3.8, 4) is 0 Å². The molecule has 2 aromatic rings. The van der Waals surface area contributed by atoms with Gasteiger partial charge in [-0.05, 0) is 23.7 Å². The molecule has 1 N–H and O–H groups in total. The molecule has 1 unspecified atom stereocenters. The monoisotopic (exact) mass is 224 g/mol. The molecule has 4 heteroatoms. The van der Waals surface area contributed by atoms with Crippen LogP contribution in [0.4, 0.5) is 0 Å². The van der Waals surface area contributed by atoms with Gasteiger partial charge in [-0.1, -0.05) is 13.0 Å². The van der Waals surface area contributed by atoms with Crippen molar-refractivity contribution in [2.24, 2.45) is 0 Å². The van der Waals surface area contributed by atoms with E-state index in [1.165, 1.54) is 4.88 Å². The highest BCUT2D eigenvalue weighted by Gasteiger charge is 2.07. The summed E-state index contributed by atoms with van der Waals surface area (Å²) >= 11 is 6.95. The molecule has 0 aliphatic carbocycles. The molecule has 0 amide bonds. The highest BCUT2D eigenvalue weighted by Crippen LogP contribution is 2.22. The predicted molar refractivity (Wildman–Crippen MR) is 62.4 cm³/mol. The molecule has 1 atom stereocenters. The number of hydrogen-bond acceptors (Lipinski definition) is 2. The van der Waals surface area contributed by atoms with Crippen LogP contribution in [0.25, 0.3) is 0 Å². The van der Waals surface area contributed by atoms with Crippen LogP contribution in [0.1, 0.15) is 17.7 Å². The van der Waals surface area contributed by atoms with Crippen molar-refractivity contribution in [2.75, 3.05) is 0 Å². The van der Waals surface area contributed by atoms with Crippen molar-refractivity contribution in [1.29, 1.82) is 0 Å². The van der Waals surface area contributed by atoms with Crippen LogP contribution in [0.5, 0.6) is 0 Å². The molecule has 0 saturated heterocycles. The Bertz CT molecular complexity index is 439. The molecule has 0 aromatic carbocycles. The van der Waals surface area contributed by atoms with E-state index in [2.05, 4.69) is 34.0 Å². The van der Waals surface area contributed by atoms with E-state index in [4.69, 9.17) is 12.2 Å². The fourth-order valence-electron chi connectivity index (χ4n) is 1.45. The number of nitrogens with one attached hydrogen (secondary N) is 1. The minimum atomic E-state index is 0.525. The van der Waals surface area contributed by atoms with Crippen LogP contribution in [0.3, 0.4) is 0 Å². The average Bonchev–Trinajstić information content (AvgIpc) is 2.77. The fourth-order valence-corrected chi connectivity index (χ4v) is 2.43. The van der Waals surface area contributed by atoms with E-state index in [1.54, 1.807) is 11.3 Å². The largest absolute Gasteiger partial charge is 0.337 e. The molecule has 2 aromatic heterocycles. The molecule has 0 aliphatic heterocycles. The van der Waals surface area contributed by atoms with Crippen LogP contribution < -0.4 is 0 Å². The second kappa shape index (κ2) is 4.11. The number of imidazole rings is 1. The normalized spacial score (nSPS) is 12.9. The standard InChI is InChI=1S/C10H12N2S2/c1-8(9-3-2-6-14-9)7-12-5-4-11-10(12)13/h2-6,8H,7H2,1H3,(H,11,13). The number of nitrogens with zero attached hydrogens (tertiary/aromatic N) is 1. The Balaban J connectivity index is 2.13. The minimum absolute atomic E-state index is 0.525. The van der Waals surface area contributed by atoms with Gasteiger partial charge in [0.2, 0.25) is 0 Å². The first kappa shape index (κ1) is 9.68. The Labute approximate surface area is 92.2 Å². The maximum Gasteiger partial charge on any atom is 0.177 e.